The highest BCUT2D eigenvalue weighted by molar-refractivity contribution is 5.83. The molecule has 1 amide bonds. The molecule has 0 bridgehead atoms. The first kappa shape index (κ1) is 16.5. The number of nitrogens with one attached hydrogen (secondary N) is 1. The first-order valence-corrected chi connectivity index (χ1v) is 7.53. The minimum atomic E-state index is -0.0932. The molecule has 0 aromatic heterocycles. The molecule has 1 N–H and O–H groups in total. The van der Waals surface area contributed by atoms with Crippen molar-refractivity contribution >= 4 is 16.7 Å². The van der Waals surface area contributed by atoms with Gasteiger partial charge < -0.3 is 14.8 Å². The van der Waals surface area contributed by atoms with Crippen molar-refractivity contribution < 1.29 is 14.3 Å². The summed E-state index contributed by atoms with van der Waals surface area (Å²) in [5.41, 5.74) is 1.21. The average Bonchev–Trinajstić information content (AvgIpc) is 2.51. The molecule has 22 heavy (non-hydrogen) atoms. The Bertz CT molecular complexity index is 612. The van der Waals surface area contributed by atoms with E-state index in [-0.39, 0.29) is 18.6 Å². The summed E-state index contributed by atoms with van der Waals surface area (Å²) in [7, 11) is 1.61. The van der Waals surface area contributed by atoms with Gasteiger partial charge in [-0.1, -0.05) is 42.5 Å². The summed E-state index contributed by atoms with van der Waals surface area (Å²) in [6, 6.07) is 14.7. The van der Waals surface area contributed by atoms with E-state index in [9.17, 15) is 4.79 Å². The van der Waals surface area contributed by atoms with Gasteiger partial charge in [-0.3, -0.25) is 4.79 Å². The van der Waals surface area contributed by atoms with Crippen LogP contribution in [0.2, 0.25) is 0 Å². The highest BCUT2D eigenvalue weighted by Crippen LogP contribution is 2.16. The van der Waals surface area contributed by atoms with Crippen molar-refractivity contribution in [1.29, 1.82) is 0 Å². The lowest BCUT2D eigenvalue weighted by Crippen LogP contribution is -2.36. The van der Waals surface area contributed by atoms with Gasteiger partial charge in [0.15, 0.2) is 0 Å². The Morgan fingerprint density at radius 3 is 2.68 bits per heavy atom. The second-order valence-corrected chi connectivity index (χ2v) is 5.40. The van der Waals surface area contributed by atoms with Gasteiger partial charge in [-0.05, 0) is 29.7 Å². The number of methoxy groups -OCH3 is 1. The summed E-state index contributed by atoms with van der Waals surface area (Å²) < 4.78 is 10.1. The normalized spacial score (nSPS) is 12.3. The molecule has 0 aliphatic rings. The summed E-state index contributed by atoms with van der Waals surface area (Å²) >= 11 is 0. The summed E-state index contributed by atoms with van der Waals surface area (Å²) in [5.74, 6) is -0.0932. The van der Waals surface area contributed by atoms with Crippen LogP contribution in [-0.2, 0) is 20.7 Å². The summed E-state index contributed by atoms with van der Waals surface area (Å²) in [6.07, 6.45) is 0.800. The van der Waals surface area contributed by atoms with Crippen LogP contribution < -0.4 is 5.32 Å². The van der Waals surface area contributed by atoms with Gasteiger partial charge in [0.2, 0.25) is 5.91 Å². The van der Waals surface area contributed by atoms with Crippen LogP contribution in [0.4, 0.5) is 0 Å². The quantitative estimate of drug-likeness (QED) is 0.762. The fraction of sp³-hybridized carbons (Fsp3) is 0.389. The molecular formula is C18H23NO3. The number of amides is 1. The van der Waals surface area contributed by atoms with Crippen molar-refractivity contribution in [3.05, 3.63) is 48.0 Å². The minimum absolute atomic E-state index is 0.0692. The fourth-order valence-electron chi connectivity index (χ4n) is 2.39. The van der Waals surface area contributed by atoms with Crippen LogP contribution in [0.5, 0.6) is 0 Å². The number of hydrogen-bond donors (Lipinski definition) is 1. The molecule has 118 valence electrons. The highest BCUT2D eigenvalue weighted by atomic mass is 16.5. The maximum atomic E-state index is 11.7. The molecule has 0 spiro atoms. The molecule has 0 aliphatic heterocycles. The van der Waals surface area contributed by atoms with Crippen molar-refractivity contribution in [3.8, 4) is 0 Å². The van der Waals surface area contributed by atoms with Crippen molar-refractivity contribution in [3.63, 3.8) is 0 Å². The zero-order valence-corrected chi connectivity index (χ0v) is 13.2. The Labute approximate surface area is 131 Å². The van der Waals surface area contributed by atoms with Gasteiger partial charge in [0.1, 0.15) is 6.61 Å². The molecular weight excluding hydrogens is 278 g/mol. The molecule has 0 saturated carbocycles. The molecule has 0 saturated heterocycles. The average molecular weight is 301 g/mol. The molecule has 0 unspecified atom stereocenters. The maximum absolute atomic E-state index is 11.7. The third-order valence-electron chi connectivity index (χ3n) is 3.43. The van der Waals surface area contributed by atoms with Gasteiger partial charge in [-0.15, -0.1) is 0 Å². The van der Waals surface area contributed by atoms with Crippen LogP contribution in [0.25, 0.3) is 10.8 Å². The monoisotopic (exact) mass is 301 g/mol. The number of hydrogen-bond acceptors (Lipinski definition) is 3. The number of fused-ring (bicyclic) bond motifs is 1. The number of benzene rings is 2. The second-order valence-electron chi connectivity index (χ2n) is 5.40. The van der Waals surface area contributed by atoms with E-state index in [0.29, 0.717) is 13.2 Å². The van der Waals surface area contributed by atoms with E-state index < -0.39 is 0 Å². The van der Waals surface area contributed by atoms with Gasteiger partial charge in [0, 0.05) is 13.2 Å². The third kappa shape index (κ3) is 5.13. The molecule has 2 rings (SSSR count). The Kier molecular flexibility index (Phi) is 6.37. The first-order valence-electron chi connectivity index (χ1n) is 7.53. The van der Waals surface area contributed by atoms with Gasteiger partial charge in [0.25, 0.3) is 0 Å². The Balaban J connectivity index is 1.82. The van der Waals surface area contributed by atoms with Gasteiger partial charge in [-0.2, -0.15) is 0 Å². The van der Waals surface area contributed by atoms with Gasteiger partial charge in [-0.25, -0.2) is 0 Å². The van der Waals surface area contributed by atoms with Crippen LogP contribution in [0.1, 0.15) is 12.5 Å². The van der Waals surface area contributed by atoms with E-state index in [1.165, 1.54) is 16.3 Å². The Hall–Kier alpha value is -1.91. The van der Waals surface area contributed by atoms with E-state index in [1.54, 1.807) is 7.11 Å². The van der Waals surface area contributed by atoms with Crippen LogP contribution in [0.15, 0.2) is 42.5 Å². The summed E-state index contributed by atoms with van der Waals surface area (Å²) in [4.78, 5) is 11.7. The predicted octanol–water partition coefficient (Wildman–Crippen LogP) is 2.55. The molecule has 0 heterocycles. The van der Waals surface area contributed by atoms with Crippen molar-refractivity contribution in [1.82, 2.24) is 5.32 Å². The highest BCUT2D eigenvalue weighted by Gasteiger charge is 2.08. The lowest BCUT2D eigenvalue weighted by Gasteiger charge is -2.14. The zero-order chi connectivity index (χ0) is 15.8. The maximum Gasteiger partial charge on any atom is 0.246 e. The van der Waals surface area contributed by atoms with Crippen LogP contribution in [0.3, 0.4) is 0 Å². The molecule has 2 aromatic rings. The standard InChI is InChI=1S/C18H23NO3/c1-14(19-18(20)13-22-10-9-21-2)11-15-7-8-16-5-3-4-6-17(16)12-15/h3-8,12,14H,9-11,13H2,1-2H3,(H,19,20)/t14-/m0/s1. The van der Waals surface area contributed by atoms with Crippen LogP contribution in [-0.4, -0.2) is 38.9 Å². The third-order valence-corrected chi connectivity index (χ3v) is 3.43. The zero-order valence-electron chi connectivity index (χ0n) is 13.2. The molecule has 0 radical (unpaired) electrons. The summed E-state index contributed by atoms with van der Waals surface area (Å²) in [6.45, 7) is 3.01. The van der Waals surface area contributed by atoms with Crippen molar-refractivity contribution in [2.24, 2.45) is 0 Å². The van der Waals surface area contributed by atoms with Crippen molar-refractivity contribution in [2.45, 2.75) is 19.4 Å². The van der Waals surface area contributed by atoms with E-state index >= 15 is 0 Å². The predicted molar refractivity (Wildman–Crippen MR) is 88.0 cm³/mol. The van der Waals surface area contributed by atoms with Gasteiger partial charge in [0.05, 0.1) is 13.2 Å². The summed E-state index contributed by atoms with van der Waals surface area (Å²) in [5, 5.41) is 5.40. The Morgan fingerprint density at radius 2 is 1.91 bits per heavy atom. The van der Waals surface area contributed by atoms with Gasteiger partial charge >= 0.3 is 0 Å². The first-order chi connectivity index (χ1) is 10.7. The second kappa shape index (κ2) is 8.51. The van der Waals surface area contributed by atoms with E-state index in [0.717, 1.165) is 6.42 Å². The molecule has 4 heteroatoms. The number of rotatable bonds is 8. The lowest BCUT2D eigenvalue weighted by molar-refractivity contribution is -0.126. The molecule has 0 fully saturated rings. The molecule has 2 aromatic carbocycles. The molecule has 1 atom stereocenters. The van der Waals surface area contributed by atoms with E-state index in [2.05, 4.69) is 35.6 Å². The number of ether oxygens (including phenoxy) is 2. The Morgan fingerprint density at radius 1 is 1.14 bits per heavy atom. The minimum Gasteiger partial charge on any atom is -0.382 e. The van der Waals surface area contributed by atoms with Crippen LogP contribution >= 0.6 is 0 Å². The van der Waals surface area contributed by atoms with Crippen LogP contribution in [0, 0.1) is 0 Å². The lowest BCUT2D eigenvalue weighted by atomic mass is 10.0. The smallest absolute Gasteiger partial charge is 0.246 e. The number of carbonyl (C=O) groups excluding carboxylic acids is 1. The van der Waals surface area contributed by atoms with E-state index in [1.807, 2.05) is 19.1 Å². The molecule has 4 nitrogen and oxygen atoms in total. The van der Waals surface area contributed by atoms with E-state index in [4.69, 9.17) is 9.47 Å². The topological polar surface area (TPSA) is 47.6 Å². The van der Waals surface area contributed by atoms with Crippen molar-refractivity contribution in [2.75, 3.05) is 26.9 Å². The number of carbonyl (C=O) groups is 1. The fourth-order valence-corrected chi connectivity index (χ4v) is 2.39. The SMILES string of the molecule is COCCOCC(=O)N[C@@H](C)Cc1ccc2ccccc2c1. The molecule has 0 aliphatic carbocycles. The largest absolute Gasteiger partial charge is 0.382 e.